The van der Waals surface area contributed by atoms with E-state index in [1.54, 1.807) is 7.05 Å². The Balaban J connectivity index is 2.42. The Bertz CT molecular complexity index is 480. The van der Waals surface area contributed by atoms with Crippen LogP contribution in [-0.4, -0.2) is 37.0 Å². The number of rotatable bonds is 7. The highest BCUT2D eigenvalue weighted by Crippen LogP contribution is 2.14. The fourth-order valence-corrected chi connectivity index (χ4v) is 1.81. The minimum atomic E-state index is -0.784. The van der Waals surface area contributed by atoms with Crippen molar-refractivity contribution in [2.24, 2.45) is 11.7 Å². The van der Waals surface area contributed by atoms with Gasteiger partial charge in [-0.2, -0.15) is 0 Å². The molecule has 0 radical (unpaired) electrons. The second-order valence-electron chi connectivity index (χ2n) is 5.61. The number of carbonyl (C=O) groups excluding carboxylic acids is 1. The monoisotopic (exact) mass is 299 g/mol. The first-order valence-electron chi connectivity index (χ1n) is 6.98. The zero-order valence-electron chi connectivity index (χ0n) is 12.7. The van der Waals surface area contributed by atoms with Gasteiger partial charge < -0.3 is 11.1 Å². The lowest BCUT2D eigenvalue weighted by atomic mass is 10.0. The van der Waals surface area contributed by atoms with Gasteiger partial charge in [0.1, 0.15) is 11.6 Å². The van der Waals surface area contributed by atoms with Gasteiger partial charge in [-0.25, -0.2) is 8.78 Å². The number of anilines is 1. The lowest BCUT2D eigenvalue weighted by molar-refractivity contribution is -0.117. The van der Waals surface area contributed by atoms with E-state index in [0.29, 0.717) is 12.5 Å². The van der Waals surface area contributed by atoms with E-state index < -0.39 is 11.6 Å². The normalized spacial score (nSPS) is 12.8. The molecule has 1 rings (SSSR count). The van der Waals surface area contributed by atoms with Crippen molar-refractivity contribution in [2.75, 3.05) is 25.5 Å². The predicted molar refractivity (Wildman–Crippen MR) is 79.9 cm³/mol. The van der Waals surface area contributed by atoms with Gasteiger partial charge in [0.15, 0.2) is 0 Å². The molecule has 1 aromatic rings. The predicted octanol–water partition coefficient (Wildman–Crippen LogP) is 2.21. The van der Waals surface area contributed by atoms with E-state index in [9.17, 15) is 13.6 Å². The average Bonchev–Trinajstić information content (AvgIpc) is 2.39. The number of nitrogens with two attached hydrogens (primary N) is 1. The van der Waals surface area contributed by atoms with E-state index in [0.717, 1.165) is 18.6 Å². The molecule has 0 heterocycles. The Kier molecular flexibility index (Phi) is 6.71. The van der Waals surface area contributed by atoms with Crippen molar-refractivity contribution in [3.63, 3.8) is 0 Å². The Labute approximate surface area is 124 Å². The van der Waals surface area contributed by atoms with Gasteiger partial charge in [0, 0.05) is 12.1 Å². The maximum absolute atomic E-state index is 13.4. The van der Waals surface area contributed by atoms with Crippen LogP contribution in [0.25, 0.3) is 0 Å². The Hall–Kier alpha value is -1.53. The van der Waals surface area contributed by atoms with Crippen molar-refractivity contribution in [3.8, 4) is 0 Å². The summed E-state index contributed by atoms with van der Waals surface area (Å²) in [5.41, 5.74) is 5.92. The molecule has 6 heteroatoms. The summed E-state index contributed by atoms with van der Waals surface area (Å²) in [6.45, 7) is 4.91. The van der Waals surface area contributed by atoms with Crippen LogP contribution in [0.3, 0.4) is 0 Å². The molecule has 0 saturated heterocycles. The molecule has 1 atom stereocenters. The van der Waals surface area contributed by atoms with Crippen LogP contribution in [0.4, 0.5) is 14.5 Å². The topological polar surface area (TPSA) is 58.4 Å². The summed E-state index contributed by atoms with van der Waals surface area (Å²) >= 11 is 0. The highest BCUT2D eigenvalue weighted by atomic mass is 19.1. The van der Waals surface area contributed by atoms with Crippen molar-refractivity contribution >= 4 is 11.6 Å². The number of carbonyl (C=O) groups is 1. The SMILES string of the molecule is CC(C)C(N)CCN(C)CC(=O)Nc1ccc(F)cc1F. The molecule has 0 fully saturated rings. The number of halogens is 2. The summed E-state index contributed by atoms with van der Waals surface area (Å²) < 4.78 is 26.2. The van der Waals surface area contributed by atoms with Crippen LogP contribution in [0.1, 0.15) is 20.3 Å². The number of hydrogen-bond donors (Lipinski definition) is 2. The van der Waals surface area contributed by atoms with Crippen molar-refractivity contribution in [2.45, 2.75) is 26.3 Å². The zero-order valence-corrected chi connectivity index (χ0v) is 12.7. The van der Waals surface area contributed by atoms with Crippen LogP contribution < -0.4 is 11.1 Å². The highest BCUT2D eigenvalue weighted by molar-refractivity contribution is 5.92. The minimum absolute atomic E-state index is 0.0197. The number of nitrogens with zero attached hydrogens (tertiary/aromatic N) is 1. The number of nitrogens with one attached hydrogen (secondary N) is 1. The van der Waals surface area contributed by atoms with E-state index in [2.05, 4.69) is 19.2 Å². The molecule has 0 spiro atoms. The molecular weight excluding hydrogens is 276 g/mol. The zero-order chi connectivity index (χ0) is 16.0. The van der Waals surface area contributed by atoms with Crippen LogP contribution >= 0.6 is 0 Å². The van der Waals surface area contributed by atoms with Crippen molar-refractivity contribution < 1.29 is 13.6 Å². The number of hydrogen-bond acceptors (Lipinski definition) is 3. The second-order valence-corrected chi connectivity index (χ2v) is 5.61. The fraction of sp³-hybridized carbons (Fsp3) is 0.533. The van der Waals surface area contributed by atoms with E-state index in [1.807, 2.05) is 4.90 Å². The van der Waals surface area contributed by atoms with E-state index in [-0.39, 0.29) is 24.2 Å². The standard InChI is InChI=1S/C15H23F2N3O/c1-10(2)13(18)6-7-20(3)9-15(21)19-14-5-4-11(16)8-12(14)17/h4-5,8,10,13H,6-7,9,18H2,1-3H3,(H,19,21). The third-order valence-corrected chi connectivity index (χ3v) is 3.32. The lowest BCUT2D eigenvalue weighted by Crippen LogP contribution is -2.35. The summed E-state index contributed by atoms with van der Waals surface area (Å²) in [6, 6.07) is 3.13. The van der Waals surface area contributed by atoms with Crippen molar-refractivity contribution in [1.29, 1.82) is 0 Å². The first kappa shape index (κ1) is 17.5. The average molecular weight is 299 g/mol. The molecule has 0 aromatic heterocycles. The van der Waals surface area contributed by atoms with Crippen LogP contribution in [0.15, 0.2) is 18.2 Å². The summed E-state index contributed by atoms with van der Waals surface area (Å²) in [5.74, 6) is -1.42. The first-order valence-corrected chi connectivity index (χ1v) is 6.98. The molecule has 1 unspecified atom stereocenters. The van der Waals surface area contributed by atoms with Gasteiger partial charge >= 0.3 is 0 Å². The molecule has 0 aliphatic heterocycles. The van der Waals surface area contributed by atoms with Crippen molar-refractivity contribution in [1.82, 2.24) is 4.90 Å². The highest BCUT2D eigenvalue weighted by Gasteiger charge is 2.12. The van der Waals surface area contributed by atoms with Gasteiger partial charge in [0.2, 0.25) is 5.91 Å². The van der Waals surface area contributed by atoms with Gasteiger partial charge in [-0.1, -0.05) is 13.8 Å². The quantitative estimate of drug-likeness (QED) is 0.811. The summed E-state index contributed by atoms with van der Waals surface area (Å²) in [4.78, 5) is 13.6. The smallest absolute Gasteiger partial charge is 0.238 e. The number of benzene rings is 1. The van der Waals surface area contributed by atoms with Crippen molar-refractivity contribution in [3.05, 3.63) is 29.8 Å². The fourth-order valence-electron chi connectivity index (χ4n) is 1.81. The molecule has 0 aliphatic carbocycles. The number of likely N-dealkylation sites (N-methyl/N-ethyl adjacent to an activating group) is 1. The molecule has 1 amide bonds. The third-order valence-electron chi connectivity index (χ3n) is 3.32. The molecule has 0 bridgehead atoms. The number of amides is 1. The van der Waals surface area contributed by atoms with Gasteiger partial charge in [-0.15, -0.1) is 0 Å². The Morgan fingerprint density at radius 1 is 1.38 bits per heavy atom. The second kappa shape index (κ2) is 8.05. The van der Waals surface area contributed by atoms with Crippen LogP contribution in [0.5, 0.6) is 0 Å². The van der Waals surface area contributed by atoms with Gasteiger partial charge in [0.25, 0.3) is 0 Å². The molecule has 3 N–H and O–H groups in total. The molecule has 4 nitrogen and oxygen atoms in total. The summed E-state index contributed by atoms with van der Waals surface area (Å²) in [7, 11) is 1.80. The Morgan fingerprint density at radius 3 is 2.62 bits per heavy atom. The molecule has 0 saturated carbocycles. The minimum Gasteiger partial charge on any atom is -0.327 e. The molecule has 0 aliphatic rings. The molecule has 21 heavy (non-hydrogen) atoms. The van der Waals surface area contributed by atoms with Crippen LogP contribution in [0, 0.1) is 17.6 Å². The summed E-state index contributed by atoms with van der Waals surface area (Å²) in [6.07, 6.45) is 0.784. The largest absolute Gasteiger partial charge is 0.327 e. The van der Waals surface area contributed by atoms with Gasteiger partial charge in [0.05, 0.1) is 12.2 Å². The van der Waals surface area contributed by atoms with Gasteiger partial charge in [-0.3, -0.25) is 9.69 Å². The Morgan fingerprint density at radius 2 is 2.05 bits per heavy atom. The molecule has 118 valence electrons. The molecule has 1 aromatic carbocycles. The molecular formula is C15H23F2N3O. The van der Waals surface area contributed by atoms with E-state index in [4.69, 9.17) is 5.73 Å². The maximum atomic E-state index is 13.4. The maximum Gasteiger partial charge on any atom is 0.238 e. The third kappa shape index (κ3) is 6.18. The van der Waals surface area contributed by atoms with E-state index in [1.165, 1.54) is 6.07 Å². The summed E-state index contributed by atoms with van der Waals surface area (Å²) in [5, 5.41) is 2.43. The van der Waals surface area contributed by atoms with Crippen LogP contribution in [-0.2, 0) is 4.79 Å². The lowest BCUT2D eigenvalue weighted by Gasteiger charge is -2.21. The first-order chi connectivity index (χ1) is 9.79. The van der Waals surface area contributed by atoms with E-state index >= 15 is 0 Å². The van der Waals surface area contributed by atoms with Gasteiger partial charge in [-0.05, 0) is 38.1 Å². The van der Waals surface area contributed by atoms with Crippen LogP contribution in [0.2, 0.25) is 0 Å².